The molecular formula is C24H33N3O3. The van der Waals surface area contributed by atoms with Gasteiger partial charge in [-0.2, -0.15) is 0 Å². The van der Waals surface area contributed by atoms with E-state index in [4.69, 9.17) is 9.15 Å². The number of oxazole rings is 1. The minimum atomic E-state index is -0.230. The second-order valence-electron chi connectivity index (χ2n) is 9.16. The smallest absolute Gasteiger partial charge is 0.225 e. The van der Waals surface area contributed by atoms with Gasteiger partial charge in [-0.05, 0) is 70.4 Å². The van der Waals surface area contributed by atoms with Gasteiger partial charge in [-0.1, -0.05) is 12.1 Å². The standard InChI is InChI=1S/C24H33N3O3/c1-24(10-5-11-27(17-24)22(28)19-8-12-26(2)13-9-19)23-25-16-21(30-23)15-18-6-4-7-20(14-18)29-3/h4,6-7,14,16,19H,5,8-13,15,17H2,1-3H3. The van der Waals surface area contributed by atoms with Gasteiger partial charge < -0.3 is 19.0 Å². The zero-order chi connectivity index (χ0) is 21.1. The van der Waals surface area contributed by atoms with Crippen molar-refractivity contribution in [3.63, 3.8) is 0 Å². The first-order valence-corrected chi connectivity index (χ1v) is 11.0. The van der Waals surface area contributed by atoms with E-state index in [-0.39, 0.29) is 11.3 Å². The van der Waals surface area contributed by atoms with Crippen LogP contribution in [0.15, 0.2) is 34.9 Å². The van der Waals surface area contributed by atoms with Gasteiger partial charge in [0.25, 0.3) is 0 Å². The summed E-state index contributed by atoms with van der Waals surface area (Å²) < 4.78 is 11.5. The third-order valence-electron chi connectivity index (χ3n) is 6.66. The van der Waals surface area contributed by atoms with Crippen LogP contribution >= 0.6 is 0 Å². The predicted molar refractivity (Wildman–Crippen MR) is 116 cm³/mol. The second-order valence-corrected chi connectivity index (χ2v) is 9.16. The zero-order valence-electron chi connectivity index (χ0n) is 18.4. The highest BCUT2D eigenvalue weighted by atomic mass is 16.5. The van der Waals surface area contributed by atoms with Gasteiger partial charge in [-0.25, -0.2) is 4.98 Å². The molecule has 2 aliphatic heterocycles. The van der Waals surface area contributed by atoms with E-state index in [0.29, 0.717) is 18.9 Å². The lowest BCUT2D eigenvalue weighted by molar-refractivity contribution is -0.139. The molecule has 1 aromatic carbocycles. The van der Waals surface area contributed by atoms with Crippen LogP contribution in [0.3, 0.4) is 0 Å². The Hall–Kier alpha value is -2.34. The van der Waals surface area contributed by atoms with Crippen molar-refractivity contribution in [2.24, 2.45) is 5.92 Å². The van der Waals surface area contributed by atoms with Crippen molar-refractivity contribution in [2.45, 2.75) is 44.4 Å². The Kier molecular flexibility index (Phi) is 6.14. The van der Waals surface area contributed by atoms with Crippen molar-refractivity contribution >= 4 is 5.91 Å². The maximum Gasteiger partial charge on any atom is 0.225 e. The monoisotopic (exact) mass is 411 g/mol. The van der Waals surface area contributed by atoms with Crippen LogP contribution in [0.1, 0.15) is 49.8 Å². The van der Waals surface area contributed by atoms with Gasteiger partial charge in [0.2, 0.25) is 11.8 Å². The molecule has 0 N–H and O–H groups in total. The first-order chi connectivity index (χ1) is 14.5. The summed E-state index contributed by atoms with van der Waals surface area (Å²) in [6.07, 6.45) is 6.42. The fourth-order valence-electron chi connectivity index (χ4n) is 4.77. The van der Waals surface area contributed by atoms with E-state index in [9.17, 15) is 4.79 Å². The molecule has 0 spiro atoms. The molecular weight excluding hydrogens is 378 g/mol. The third kappa shape index (κ3) is 4.53. The Morgan fingerprint density at radius 3 is 2.87 bits per heavy atom. The Labute approximate surface area is 179 Å². The number of hydrogen-bond donors (Lipinski definition) is 0. The van der Waals surface area contributed by atoms with Crippen LogP contribution in [-0.2, 0) is 16.6 Å². The Morgan fingerprint density at radius 1 is 1.30 bits per heavy atom. The molecule has 0 radical (unpaired) electrons. The maximum absolute atomic E-state index is 13.1. The number of benzene rings is 1. The molecule has 2 saturated heterocycles. The molecule has 6 nitrogen and oxygen atoms in total. The van der Waals surface area contributed by atoms with Crippen LogP contribution in [0.4, 0.5) is 0 Å². The van der Waals surface area contributed by atoms with E-state index in [2.05, 4.69) is 34.8 Å². The Balaban J connectivity index is 1.43. The topological polar surface area (TPSA) is 58.8 Å². The SMILES string of the molecule is COc1cccc(Cc2cnc(C3(C)CCCN(C(=O)C4CCN(C)CC4)C3)o2)c1. The van der Waals surface area contributed by atoms with Crippen LogP contribution in [0.25, 0.3) is 0 Å². The van der Waals surface area contributed by atoms with Gasteiger partial charge in [-0.3, -0.25) is 4.79 Å². The summed E-state index contributed by atoms with van der Waals surface area (Å²) in [4.78, 5) is 22.1. The molecule has 30 heavy (non-hydrogen) atoms. The molecule has 2 aliphatic rings. The number of methoxy groups -OCH3 is 1. The zero-order valence-corrected chi connectivity index (χ0v) is 18.4. The molecule has 3 heterocycles. The number of nitrogens with zero attached hydrogens (tertiary/aromatic N) is 3. The molecule has 1 atom stereocenters. The first kappa shape index (κ1) is 20.9. The molecule has 1 unspecified atom stereocenters. The fraction of sp³-hybridized carbons (Fsp3) is 0.583. The van der Waals surface area contributed by atoms with Crippen molar-refractivity contribution < 1.29 is 13.9 Å². The van der Waals surface area contributed by atoms with Crippen molar-refractivity contribution in [3.05, 3.63) is 47.7 Å². The fourth-order valence-corrected chi connectivity index (χ4v) is 4.77. The molecule has 2 fully saturated rings. The van der Waals surface area contributed by atoms with Gasteiger partial charge in [0, 0.05) is 25.4 Å². The number of amides is 1. The van der Waals surface area contributed by atoms with E-state index >= 15 is 0 Å². The summed E-state index contributed by atoms with van der Waals surface area (Å²) in [5.74, 6) is 2.92. The van der Waals surface area contributed by atoms with Crippen molar-refractivity contribution in [1.82, 2.24) is 14.8 Å². The number of piperidine rings is 2. The average molecular weight is 412 g/mol. The summed E-state index contributed by atoms with van der Waals surface area (Å²) in [6, 6.07) is 8.01. The summed E-state index contributed by atoms with van der Waals surface area (Å²) in [6.45, 7) is 5.74. The normalized spacial score (nSPS) is 23.5. The molecule has 1 aromatic heterocycles. The van der Waals surface area contributed by atoms with Crippen molar-refractivity contribution in [2.75, 3.05) is 40.3 Å². The highest BCUT2D eigenvalue weighted by Crippen LogP contribution is 2.35. The van der Waals surface area contributed by atoms with Crippen molar-refractivity contribution in [1.29, 1.82) is 0 Å². The summed E-state index contributed by atoms with van der Waals surface area (Å²) in [5, 5.41) is 0. The van der Waals surface area contributed by atoms with E-state index < -0.39 is 0 Å². The van der Waals surface area contributed by atoms with Crippen LogP contribution in [0.2, 0.25) is 0 Å². The molecule has 0 saturated carbocycles. The van der Waals surface area contributed by atoms with Crippen LogP contribution in [0, 0.1) is 5.92 Å². The second kappa shape index (κ2) is 8.80. The molecule has 2 aromatic rings. The maximum atomic E-state index is 13.1. The van der Waals surface area contributed by atoms with E-state index in [1.54, 1.807) is 7.11 Å². The minimum Gasteiger partial charge on any atom is -0.497 e. The Morgan fingerprint density at radius 2 is 2.10 bits per heavy atom. The van der Waals surface area contributed by atoms with Crippen LogP contribution < -0.4 is 4.74 Å². The summed E-state index contributed by atoms with van der Waals surface area (Å²) in [5.41, 5.74) is 0.899. The number of aromatic nitrogens is 1. The predicted octanol–water partition coefficient (Wildman–Crippen LogP) is 3.50. The number of hydrogen-bond acceptors (Lipinski definition) is 5. The third-order valence-corrected chi connectivity index (χ3v) is 6.66. The number of carbonyl (C=O) groups is 1. The van der Waals surface area contributed by atoms with Crippen molar-refractivity contribution in [3.8, 4) is 5.75 Å². The van der Waals surface area contributed by atoms with E-state index in [1.807, 2.05) is 24.4 Å². The number of rotatable bonds is 5. The van der Waals surface area contributed by atoms with Gasteiger partial charge in [0.05, 0.1) is 18.7 Å². The quantitative estimate of drug-likeness (QED) is 0.754. The lowest BCUT2D eigenvalue weighted by Gasteiger charge is -2.41. The number of likely N-dealkylation sites (tertiary alicyclic amines) is 2. The highest BCUT2D eigenvalue weighted by molar-refractivity contribution is 5.79. The molecule has 0 bridgehead atoms. The molecule has 6 heteroatoms. The molecule has 0 aliphatic carbocycles. The van der Waals surface area contributed by atoms with Gasteiger partial charge in [0.1, 0.15) is 11.5 Å². The molecule has 1 amide bonds. The Bertz CT molecular complexity index is 872. The number of carbonyl (C=O) groups excluding carboxylic acids is 1. The van der Waals surface area contributed by atoms with Gasteiger partial charge in [-0.15, -0.1) is 0 Å². The lowest BCUT2D eigenvalue weighted by atomic mass is 9.81. The van der Waals surface area contributed by atoms with E-state index in [0.717, 1.165) is 68.3 Å². The van der Waals surface area contributed by atoms with Crippen LogP contribution in [0.5, 0.6) is 5.75 Å². The number of ether oxygens (including phenoxy) is 1. The lowest BCUT2D eigenvalue weighted by Crippen LogP contribution is -2.50. The molecule has 4 rings (SSSR count). The average Bonchev–Trinajstić information content (AvgIpc) is 3.23. The van der Waals surface area contributed by atoms with Gasteiger partial charge in [0.15, 0.2) is 0 Å². The minimum absolute atomic E-state index is 0.164. The van der Waals surface area contributed by atoms with Gasteiger partial charge >= 0.3 is 0 Å². The first-order valence-electron chi connectivity index (χ1n) is 11.0. The van der Waals surface area contributed by atoms with E-state index in [1.165, 1.54) is 0 Å². The highest BCUT2D eigenvalue weighted by Gasteiger charge is 2.40. The molecule has 162 valence electrons. The summed E-state index contributed by atoms with van der Waals surface area (Å²) in [7, 11) is 3.80. The van der Waals surface area contributed by atoms with Crippen LogP contribution in [-0.4, -0.2) is 61.0 Å². The largest absolute Gasteiger partial charge is 0.497 e. The summed E-state index contributed by atoms with van der Waals surface area (Å²) >= 11 is 0.